The van der Waals surface area contributed by atoms with Crippen LogP contribution in [-0.4, -0.2) is 21.7 Å². The summed E-state index contributed by atoms with van der Waals surface area (Å²) in [6.45, 7) is 2.01. The number of hydrogen-bond acceptors (Lipinski definition) is 3. The maximum Gasteiger partial charge on any atom is 0.339 e. The zero-order chi connectivity index (χ0) is 13.7. The van der Waals surface area contributed by atoms with Crippen molar-refractivity contribution in [2.45, 2.75) is 24.6 Å². The topological polar surface area (TPSA) is 67.8 Å². The minimum absolute atomic E-state index is 0.164. The fraction of sp³-hybridized carbons (Fsp3) is 0.250. The standard InChI is InChI=1S/C12H15BN2O3S/c1-2-13-18-10-5-7-11(8-6-10)19(16,17)15-12-4-3-9-14-12/h3,5-9,13H,2,4H2,1H3,(H,14,15). The third kappa shape index (κ3) is 3.60. The van der Waals surface area contributed by atoms with Crippen LogP contribution in [0.2, 0.25) is 6.32 Å². The number of nitrogens with zero attached hydrogens (tertiary/aromatic N) is 1. The molecule has 0 aliphatic carbocycles. The van der Waals surface area contributed by atoms with Gasteiger partial charge in [-0.1, -0.05) is 13.0 Å². The van der Waals surface area contributed by atoms with E-state index in [1.54, 1.807) is 18.3 Å². The number of rotatable bonds is 5. The molecule has 0 saturated heterocycles. The number of benzene rings is 1. The number of hydrogen-bond donors (Lipinski definition) is 1. The molecule has 1 aromatic rings. The average molecular weight is 278 g/mol. The molecule has 5 nitrogen and oxygen atoms in total. The molecule has 1 aromatic carbocycles. The third-order valence-electron chi connectivity index (χ3n) is 2.50. The van der Waals surface area contributed by atoms with Gasteiger partial charge in [0.15, 0.2) is 0 Å². The van der Waals surface area contributed by atoms with Crippen LogP contribution >= 0.6 is 0 Å². The number of sulfonamides is 1. The molecule has 0 unspecified atom stereocenters. The molecule has 19 heavy (non-hydrogen) atoms. The van der Waals surface area contributed by atoms with E-state index in [1.165, 1.54) is 12.1 Å². The monoisotopic (exact) mass is 278 g/mol. The molecule has 0 aromatic heterocycles. The Kier molecular flexibility index (Phi) is 4.26. The summed E-state index contributed by atoms with van der Waals surface area (Å²) >= 11 is 0. The summed E-state index contributed by atoms with van der Waals surface area (Å²) in [5.41, 5.74) is 0. The maximum atomic E-state index is 12.0. The van der Waals surface area contributed by atoms with Gasteiger partial charge in [0, 0.05) is 6.42 Å². The molecule has 0 bridgehead atoms. The normalized spacial score (nSPS) is 16.4. The SMILES string of the molecule is CCBOc1ccc(S(=O)(=O)/N=C2\CC=CN2)cc1. The molecule has 7 heteroatoms. The second kappa shape index (κ2) is 5.92. The molecule has 0 spiro atoms. The fourth-order valence-corrected chi connectivity index (χ4v) is 2.58. The van der Waals surface area contributed by atoms with Crippen LogP contribution in [0.25, 0.3) is 0 Å². The van der Waals surface area contributed by atoms with Crippen LogP contribution in [-0.2, 0) is 10.0 Å². The predicted octanol–water partition coefficient (Wildman–Crippen LogP) is 1.45. The minimum atomic E-state index is -3.65. The lowest BCUT2D eigenvalue weighted by atomic mass is 9.97. The Morgan fingerprint density at radius 1 is 1.37 bits per heavy atom. The molecule has 1 aliphatic heterocycles. The van der Waals surface area contributed by atoms with Crippen molar-refractivity contribution in [3.8, 4) is 5.75 Å². The Bertz CT molecular complexity index is 584. The van der Waals surface area contributed by atoms with Gasteiger partial charge in [0.05, 0.1) is 10.6 Å². The molecule has 0 saturated carbocycles. The van der Waals surface area contributed by atoms with Gasteiger partial charge in [-0.3, -0.25) is 0 Å². The zero-order valence-corrected chi connectivity index (χ0v) is 11.5. The summed E-state index contributed by atoms with van der Waals surface area (Å²) in [4.78, 5) is 0.164. The summed E-state index contributed by atoms with van der Waals surface area (Å²) in [5.74, 6) is 1.10. The molecule has 2 rings (SSSR count). The van der Waals surface area contributed by atoms with Gasteiger partial charge in [0.2, 0.25) is 0 Å². The van der Waals surface area contributed by atoms with Crippen LogP contribution in [0.3, 0.4) is 0 Å². The minimum Gasteiger partial charge on any atom is -0.564 e. The van der Waals surface area contributed by atoms with Gasteiger partial charge in [-0.05, 0) is 36.8 Å². The van der Waals surface area contributed by atoms with Crippen molar-refractivity contribution < 1.29 is 13.1 Å². The molecule has 1 aliphatic rings. The lowest BCUT2D eigenvalue weighted by Gasteiger charge is -2.05. The fourth-order valence-electron chi connectivity index (χ4n) is 1.57. The van der Waals surface area contributed by atoms with Crippen LogP contribution in [0, 0.1) is 0 Å². The Labute approximate surface area is 113 Å². The van der Waals surface area contributed by atoms with Crippen LogP contribution in [0.15, 0.2) is 45.8 Å². The molecule has 0 amide bonds. The molecular formula is C12H15BN2O3S. The third-order valence-corrected chi connectivity index (χ3v) is 3.83. The van der Waals surface area contributed by atoms with E-state index in [1.807, 2.05) is 13.0 Å². The summed E-state index contributed by atoms with van der Waals surface area (Å²) < 4.78 is 33.2. The van der Waals surface area contributed by atoms with Gasteiger partial charge in [0.25, 0.3) is 10.0 Å². The summed E-state index contributed by atoms with van der Waals surface area (Å²) in [5, 5.41) is 2.79. The first kappa shape index (κ1) is 13.7. The summed E-state index contributed by atoms with van der Waals surface area (Å²) in [6.07, 6.45) is 4.91. The van der Waals surface area contributed by atoms with E-state index < -0.39 is 10.0 Å². The smallest absolute Gasteiger partial charge is 0.339 e. The van der Waals surface area contributed by atoms with E-state index in [2.05, 4.69) is 9.71 Å². The molecule has 1 heterocycles. The first-order valence-electron chi connectivity index (χ1n) is 6.10. The molecule has 1 N–H and O–H groups in total. The van der Waals surface area contributed by atoms with Crippen molar-refractivity contribution in [1.82, 2.24) is 5.32 Å². The Balaban J connectivity index is 2.14. The van der Waals surface area contributed by atoms with E-state index in [9.17, 15) is 8.42 Å². The van der Waals surface area contributed by atoms with Crippen LogP contribution in [0.5, 0.6) is 5.75 Å². The van der Waals surface area contributed by atoms with Crippen molar-refractivity contribution >= 4 is 23.3 Å². The van der Waals surface area contributed by atoms with Crippen molar-refractivity contribution in [3.63, 3.8) is 0 Å². The predicted molar refractivity (Wildman–Crippen MR) is 76.2 cm³/mol. The highest BCUT2D eigenvalue weighted by Crippen LogP contribution is 2.18. The molecule has 0 radical (unpaired) electrons. The average Bonchev–Trinajstić information content (AvgIpc) is 2.89. The maximum absolute atomic E-state index is 12.0. The summed E-state index contributed by atoms with van der Waals surface area (Å²) in [7, 11) is -3.04. The van der Waals surface area contributed by atoms with E-state index in [4.69, 9.17) is 4.65 Å². The second-order valence-corrected chi connectivity index (χ2v) is 5.69. The lowest BCUT2D eigenvalue weighted by Crippen LogP contribution is -2.13. The van der Waals surface area contributed by atoms with E-state index in [0.29, 0.717) is 25.5 Å². The van der Waals surface area contributed by atoms with Gasteiger partial charge < -0.3 is 9.97 Å². The molecule has 0 fully saturated rings. The molecule has 100 valence electrons. The number of amidine groups is 1. The molecule has 0 atom stereocenters. The van der Waals surface area contributed by atoms with E-state index in [0.717, 1.165) is 6.32 Å². The van der Waals surface area contributed by atoms with Crippen molar-refractivity contribution in [2.75, 3.05) is 0 Å². The van der Waals surface area contributed by atoms with Gasteiger partial charge in [-0.2, -0.15) is 8.42 Å². The van der Waals surface area contributed by atoms with Crippen LogP contribution in [0.1, 0.15) is 13.3 Å². The van der Waals surface area contributed by atoms with Crippen molar-refractivity contribution in [1.29, 1.82) is 0 Å². The van der Waals surface area contributed by atoms with E-state index >= 15 is 0 Å². The Morgan fingerprint density at radius 2 is 2.11 bits per heavy atom. The Hall–Kier alpha value is -1.76. The highest BCUT2D eigenvalue weighted by molar-refractivity contribution is 7.90. The Morgan fingerprint density at radius 3 is 2.68 bits per heavy atom. The molecular weight excluding hydrogens is 263 g/mol. The first-order valence-corrected chi connectivity index (χ1v) is 7.54. The highest BCUT2D eigenvalue weighted by atomic mass is 32.2. The van der Waals surface area contributed by atoms with Crippen LogP contribution in [0.4, 0.5) is 0 Å². The first-order chi connectivity index (χ1) is 9.12. The van der Waals surface area contributed by atoms with Gasteiger partial charge in [0.1, 0.15) is 5.84 Å². The highest BCUT2D eigenvalue weighted by Gasteiger charge is 2.15. The quantitative estimate of drug-likeness (QED) is 0.828. The van der Waals surface area contributed by atoms with Gasteiger partial charge >= 0.3 is 7.48 Å². The second-order valence-electron chi connectivity index (χ2n) is 4.08. The van der Waals surface area contributed by atoms with Crippen LogP contribution < -0.4 is 9.97 Å². The summed E-state index contributed by atoms with van der Waals surface area (Å²) in [6, 6.07) is 6.30. The largest absolute Gasteiger partial charge is 0.564 e. The van der Waals surface area contributed by atoms with Crippen molar-refractivity contribution in [3.05, 3.63) is 36.5 Å². The zero-order valence-electron chi connectivity index (χ0n) is 10.7. The van der Waals surface area contributed by atoms with Gasteiger partial charge in [-0.25, -0.2) is 0 Å². The van der Waals surface area contributed by atoms with E-state index in [-0.39, 0.29) is 4.90 Å². The van der Waals surface area contributed by atoms with Gasteiger partial charge in [-0.15, -0.1) is 4.40 Å². The van der Waals surface area contributed by atoms with Crippen molar-refractivity contribution in [2.24, 2.45) is 4.40 Å². The number of nitrogens with one attached hydrogen (secondary N) is 1. The lowest BCUT2D eigenvalue weighted by molar-refractivity contribution is 0.590.